The third-order valence-electron chi connectivity index (χ3n) is 5.00. The van der Waals surface area contributed by atoms with Gasteiger partial charge in [-0.1, -0.05) is 55.7 Å². The lowest BCUT2D eigenvalue weighted by Crippen LogP contribution is -2.39. The van der Waals surface area contributed by atoms with Crippen molar-refractivity contribution in [3.8, 4) is 11.3 Å². The van der Waals surface area contributed by atoms with Crippen LogP contribution < -0.4 is 5.32 Å². The maximum Gasteiger partial charge on any atom is 0.224 e. The van der Waals surface area contributed by atoms with Crippen LogP contribution in [0.25, 0.3) is 11.3 Å². The SMILES string of the molecule is C[C@@H](NC(=O)Cc1ccc(-c2ccccc2)nc1)C1CCCCC1. The van der Waals surface area contributed by atoms with Gasteiger partial charge in [0.15, 0.2) is 0 Å². The maximum atomic E-state index is 12.3. The number of benzene rings is 1. The summed E-state index contributed by atoms with van der Waals surface area (Å²) in [6, 6.07) is 14.4. The molecule has 1 aromatic carbocycles. The monoisotopic (exact) mass is 322 g/mol. The average molecular weight is 322 g/mol. The molecule has 1 N–H and O–H groups in total. The van der Waals surface area contributed by atoms with E-state index in [2.05, 4.69) is 17.2 Å². The molecule has 0 saturated heterocycles. The zero-order valence-electron chi connectivity index (χ0n) is 14.4. The van der Waals surface area contributed by atoms with Crippen LogP contribution in [0.15, 0.2) is 48.7 Å². The molecule has 0 aliphatic heterocycles. The lowest BCUT2D eigenvalue weighted by Gasteiger charge is -2.28. The number of nitrogens with zero attached hydrogens (tertiary/aromatic N) is 1. The van der Waals surface area contributed by atoms with Crippen LogP contribution in [0.5, 0.6) is 0 Å². The molecule has 1 aliphatic carbocycles. The molecule has 0 radical (unpaired) electrons. The first-order chi connectivity index (χ1) is 11.7. The second-order valence-corrected chi connectivity index (χ2v) is 6.85. The maximum absolute atomic E-state index is 12.3. The van der Waals surface area contributed by atoms with Gasteiger partial charge >= 0.3 is 0 Å². The molecule has 1 aliphatic rings. The first-order valence-electron chi connectivity index (χ1n) is 9.02. The van der Waals surface area contributed by atoms with Gasteiger partial charge in [-0.25, -0.2) is 0 Å². The summed E-state index contributed by atoms with van der Waals surface area (Å²) in [7, 11) is 0. The van der Waals surface area contributed by atoms with Crippen molar-refractivity contribution in [2.75, 3.05) is 0 Å². The first-order valence-corrected chi connectivity index (χ1v) is 9.02. The summed E-state index contributed by atoms with van der Waals surface area (Å²) in [6.45, 7) is 2.14. The van der Waals surface area contributed by atoms with Gasteiger partial charge in [0, 0.05) is 17.8 Å². The summed E-state index contributed by atoms with van der Waals surface area (Å²) in [4.78, 5) is 16.8. The van der Waals surface area contributed by atoms with Gasteiger partial charge in [0.2, 0.25) is 5.91 Å². The van der Waals surface area contributed by atoms with Crippen molar-refractivity contribution in [2.45, 2.75) is 51.5 Å². The third-order valence-corrected chi connectivity index (χ3v) is 5.00. The zero-order chi connectivity index (χ0) is 16.8. The molecule has 1 saturated carbocycles. The largest absolute Gasteiger partial charge is 0.353 e. The highest BCUT2D eigenvalue weighted by atomic mass is 16.1. The number of carbonyl (C=O) groups excluding carboxylic acids is 1. The highest BCUT2D eigenvalue weighted by Crippen LogP contribution is 2.26. The lowest BCUT2D eigenvalue weighted by atomic mass is 9.84. The van der Waals surface area contributed by atoms with Crippen LogP contribution >= 0.6 is 0 Å². The number of pyridine rings is 1. The standard InChI is InChI=1S/C21H26N2O/c1-16(18-8-4-2-5-9-18)23-21(24)14-17-12-13-20(22-15-17)19-10-6-3-7-11-19/h3,6-7,10-13,15-16,18H,2,4-5,8-9,14H2,1H3,(H,23,24)/t16-/m1/s1. The fourth-order valence-corrected chi connectivity index (χ4v) is 3.55. The molecule has 1 heterocycles. The van der Waals surface area contributed by atoms with Crippen molar-refractivity contribution in [3.63, 3.8) is 0 Å². The number of amides is 1. The molecule has 24 heavy (non-hydrogen) atoms. The van der Waals surface area contributed by atoms with E-state index in [-0.39, 0.29) is 11.9 Å². The number of carbonyl (C=O) groups is 1. The highest BCUT2D eigenvalue weighted by molar-refractivity contribution is 5.78. The van der Waals surface area contributed by atoms with Crippen molar-refractivity contribution in [2.24, 2.45) is 5.92 Å². The smallest absolute Gasteiger partial charge is 0.224 e. The normalized spacial score (nSPS) is 16.5. The van der Waals surface area contributed by atoms with E-state index in [0.29, 0.717) is 12.3 Å². The van der Waals surface area contributed by atoms with Crippen molar-refractivity contribution >= 4 is 5.91 Å². The predicted octanol–water partition coefficient (Wildman–Crippen LogP) is 4.38. The minimum Gasteiger partial charge on any atom is -0.353 e. The first kappa shape index (κ1) is 16.7. The average Bonchev–Trinajstić information content (AvgIpc) is 2.64. The molecule has 3 nitrogen and oxygen atoms in total. The van der Waals surface area contributed by atoms with Gasteiger partial charge in [-0.15, -0.1) is 0 Å². The molecule has 3 heteroatoms. The van der Waals surface area contributed by atoms with Gasteiger partial charge in [0.25, 0.3) is 0 Å². The Labute approximate surface area is 144 Å². The Bertz CT molecular complexity index is 645. The molecule has 126 valence electrons. The summed E-state index contributed by atoms with van der Waals surface area (Å²) in [5.74, 6) is 0.739. The van der Waals surface area contributed by atoms with E-state index < -0.39 is 0 Å². The van der Waals surface area contributed by atoms with Crippen LogP contribution in [0, 0.1) is 5.92 Å². The van der Waals surface area contributed by atoms with E-state index in [4.69, 9.17) is 0 Å². The van der Waals surface area contributed by atoms with Gasteiger partial charge in [-0.05, 0) is 37.3 Å². The Morgan fingerprint density at radius 2 is 1.88 bits per heavy atom. The van der Waals surface area contributed by atoms with Crippen LogP contribution in [0.4, 0.5) is 0 Å². The molecule has 0 unspecified atom stereocenters. The summed E-state index contributed by atoms with van der Waals surface area (Å²) >= 11 is 0. The van der Waals surface area contributed by atoms with E-state index in [0.717, 1.165) is 16.8 Å². The molecule has 1 aromatic heterocycles. The number of aromatic nitrogens is 1. The van der Waals surface area contributed by atoms with Crippen molar-refractivity contribution in [3.05, 3.63) is 54.2 Å². The predicted molar refractivity (Wildman–Crippen MR) is 97.6 cm³/mol. The Kier molecular flexibility index (Phi) is 5.63. The molecule has 2 aromatic rings. The Balaban J connectivity index is 1.54. The van der Waals surface area contributed by atoms with E-state index in [1.807, 2.05) is 48.7 Å². The summed E-state index contributed by atoms with van der Waals surface area (Å²) in [5, 5.41) is 3.18. The summed E-state index contributed by atoms with van der Waals surface area (Å²) in [6.07, 6.45) is 8.65. The van der Waals surface area contributed by atoms with Gasteiger partial charge in [0.05, 0.1) is 12.1 Å². The lowest BCUT2D eigenvalue weighted by molar-refractivity contribution is -0.121. The topological polar surface area (TPSA) is 42.0 Å². The molecule has 1 fully saturated rings. The second kappa shape index (κ2) is 8.09. The van der Waals surface area contributed by atoms with Crippen molar-refractivity contribution in [1.82, 2.24) is 10.3 Å². The van der Waals surface area contributed by atoms with E-state index in [1.54, 1.807) is 0 Å². The molecular weight excluding hydrogens is 296 g/mol. The van der Waals surface area contributed by atoms with Gasteiger partial charge in [-0.3, -0.25) is 9.78 Å². The van der Waals surface area contributed by atoms with E-state index >= 15 is 0 Å². The summed E-state index contributed by atoms with van der Waals surface area (Å²) < 4.78 is 0. The number of hydrogen-bond donors (Lipinski definition) is 1. The third kappa shape index (κ3) is 4.44. The van der Waals surface area contributed by atoms with Crippen molar-refractivity contribution in [1.29, 1.82) is 0 Å². The zero-order valence-corrected chi connectivity index (χ0v) is 14.4. The fraction of sp³-hybridized carbons (Fsp3) is 0.429. The molecule has 1 amide bonds. The Morgan fingerprint density at radius 1 is 1.12 bits per heavy atom. The van der Waals surface area contributed by atoms with Crippen LogP contribution in [0.3, 0.4) is 0 Å². The Morgan fingerprint density at radius 3 is 2.54 bits per heavy atom. The minimum atomic E-state index is 0.0994. The number of hydrogen-bond acceptors (Lipinski definition) is 2. The van der Waals surface area contributed by atoms with Gasteiger partial charge in [0.1, 0.15) is 0 Å². The van der Waals surface area contributed by atoms with Crippen LogP contribution in [0.2, 0.25) is 0 Å². The minimum absolute atomic E-state index is 0.0994. The van der Waals surface area contributed by atoms with Gasteiger partial charge in [-0.2, -0.15) is 0 Å². The second-order valence-electron chi connectivity index (χ2n) is 6.85. The van der Waals surface area contributed by atoms with Crippen LogP contribution in [-0.4, -0.2) is 16.9 Å². The molecule has 1 atom stereocenters. The van der Waals surface area contributed by atoms with Crippen LogP contribution in [0.1, 0.15) is 44.6 Å². The molecule has 0 bridgehead atoms. The number of rotatable bonds is 5. The van der Waals surface area contributed by atoms with Gasteiger partial charge < -0.3 is 5.32 Å². The van der Waals surface area contributed by atoms with E-state index in [1.165, 1.54) is 32.1 Å². The molecule has 0 spiro atoms. The summed E-state index contributed by atoms with van der Waals surface area (Å²) in [5.41, 5.74) is 3.00. The van der Waals surface area contributed by atoms with Crippen LogP contribution in [-0.2, 0) is 11.2 Å². The molecular formula is C21H26N2O. The van der Waals surface area contributed by atoms with Crippen molar-refractivity contribution < 1.29 is 4.79 Å². The number of nitrogens with one attached hydrogen (secondary N) is 1. The van der Waals surface area contributed by atoms with E-state index in [9.17, 15) is 4.79 Å². The highest BCUT2D eigenvalue weighted by Gasteiger charge is 2.21. The fourth-order valence-electron chi connectivity index (χ4n) is 3.55. The molecule has 3 rings (SSSR count). The quantitative estimate of drug-likeness (QED) is 0.888. The Hall–Kier alpha value is -2.16.